The number of methoxy groups -OCH3 is 1. The molecule has 0 fully saturated rings. The van der Waals surface area contributed by atoms with Crippen LogP contribution in [-0.2, 0) is 4.79 Å². The summed E-state index contributed by atoms with van der Waals surface area (Å²) in [4.78, 5) is 38.2. The van der Waals surface area contributed by atoms with Crippen LogP contribution < -0.4 is 20.3 Å². The number of hydrogen-bond acceptors (Lipinski definition) is 8. The van der Waals surface area contributed by atoms with Crippen LogP contribution in [-0.4, -0.2) is 50.3 Å². The van der Waals surface area contributed by atoms with Crippen molar-refractivity contribution in [3.8, 4) is 17.2 Å². The lowest BCUT2D eigenvalue weighted by atomic mass is 10.1. The Morgan fingerprint density at radius 2 is 1.89 bits per heavy atom. The Balaban J connectivity index is 1.41. The zero-order valence-corrected chi connectivity index (χ0v) is 20.3. The number of hydrogen-bond donors (Lipinski definition) is 1. The number of Topliss-reactive ketones (excluding diaryl/α,β-unsaturated/α-hetero) is 1. The van der Waals surface area contributed by atoms with Gasteiger partial charge in [-0.05, 0) is 42.5 Å². The van der Waals surface area contributed by atoms with E-state index in [2.05, 4.69) is 15.5 Å². The molecule has 0 aliphatic carbocycles. The quantitative estimate of drug-likeness (QED) is 0.271. The van der Waals surface area contributed by atoms with Crippen LogP contribution in [0.2, 0.25) is 0 Å². The lowest BCUT2D eigenvalue weighted by Crippen LogP contribution is -2.25. The first kappa shape index (κ1) is 22.8. The summed E-state index contributed by atoms with van der Waals surface area (Å²) in [5, 5.41) is 12.3. The van der Waals surface area contributed by atoms with E-state index < -0.39 is 0 Å². The van der Waals surface area contributed by atoms with Gasteiger partial charge in [0.15, 0.2) is 17.5 Å². The summed E-state index contributed by atoms with van der Waals surface area (Å²) in [7, 11) is 1.54. The average Bonchev–Trinajstić information content (AvgIpc) is 3.35. The SMILES string of the molecule is COc1ccccc1-n1c(=O)c2ccccc2n2c(SCC(=O)c3ccc4c(c3)NC(=O)CO4)nnc12. The summed E-state index contributed by atoms with van der Waals surface area (Å²) in [5.41, 5.74) is 1.80. The molecule has 1 aliphatic rings. The molecule has 2 aromatic heterocycles. The maximum absolute atomic E-state index is 13.5. The molecule has 0 radical (unpaired) electrons. The van der Waals surface area contributed by atoms with Crippen LogP contribution in [0, 0.1) is 0 Å². The maximum Gasteiger partial charge on any atom is 0.267 e. The van der Waals surface area contributed by atoms with Gasteiger partial charge in [-0.2, -0.15) is 0 Å². The summed E-state index contributed by atoms with van der Waals surface area (Å²) in [5.74, 6) is 0.972. The fraction of sp³-hybridized carbons (Fsp3) is 0.115. The van der Waals surface area contributed by atoms with Gasteiger partial charge in [-0.3, -0.25) is 18.8 Å². The molecule has 1 N–H and O–H groups in total. The van der Waals surface area contributed by atoms with E-state index in [1.165, 1.54) is 23.4 Å². The predicted molar refractivity (Wildman–Crippen MR) is 138 cm³/mol. The van der Waals surface area contributed by atoms with Crippen molar-refractivity contribution < 1.29 is 19.1 Å². The highest BCUT2D eigenvalue weighted by molar-refractivity contribution is 7.99. The van der Waals surface area contributed by atoms with Gasteiger partial charge in [-0.1, -0.05) is 36.0 Å². The van der Waals surface area contributed by atoms with Crippen molar-refractivity contribution in [3.63, 3.8) is 0 Å². The lowest BCUT2D eigenvalue weighted by molar-refractivity contribution is -0.118. The van der Waals surface area contributed by atoms with E-state index in [0.717, 1.165) is 0 Å². The minimum Gasteiger partial charge on any atom is -0.495 e. The van der Waals surface area contributed by atoms with E-state index in [1.807, 2.05) is 24.3 Å². The van der Waals surface area contributed by atoms with Crippen molar-refractivity contribution >= 4 is 45.8 Å². The van der Waals surface area contributed by atoms with E-state index in [4.69, 9.17) is 9.47 Å². The van der Waals surface area contributed by atoms with Crippen molar-refractivity contribution in [2.75, 3.05) is 24.8 Å². The second kappa shape index (κ2) is 9.10. The summed E-state index contributed by atoms with van der Waals surface area (Å²) in [6.45, 7) is -0.0516. The Labute approximate surface area is 213 Å². The Morgan fingerprint density at radius 3 is 2.76 bits per heavy atom. The minimum absolute atomic E-state index is 0.0516. The molecule has 184 valence electrons. The fourth-order valence-corrected chi connectivity index (χ4v) is 5.11. The molecular weight excluding hydrogens is 494 g/mol. The molecular formula is C26H19N5O5S. The Bertz CT molecular complexity index is 1780. The zero-order valence-electron chi connectivity index (χ0n) is 19.5. The average molecular weight is 514 g/mol. The standard InChI is InChI=1S/C26H19N5O5S/c1-35-22-9-5-4-8-19(22)30-24(34)16-6-2-3-7-18(16)31-25(30)28-29-26(31)37-14-20(32)15-10-11-21-17(12-15)27-23(33)13-36-21/h2-12H,13-14H2,1H3,(H,27,33). The first-order chi connectivity index (χ1) is 18.0. The number of aromatic nitrogens is 4. The molecule has 1 aliphatic heterocycles. The zero-order chi connectivity index (χ0) is 25.5. The number of carbonyl (C=O) groups excluding carboxylic acids is 2. The van der Waals surface area contributed by atoms with Gasteiger partial charge < -0.3 is 14.8 Å². The molecule has 11 heteroatoms. The summed E-state index contributed by atoms with van der Waals surface area (Å²) < 4.78 is 14.1. The number of nitrogens with one attached hydrogen (secondary N) is 1. The van der Waals surface area contributed by atoms with E-state index in [1.54, 1.807) is 46.9 Å². The Hall–Kier alpha value is -4.64. The van der Waals surface area contributed by atoms with Crippen LogP contribution >= 0.6 is 11.8 Å². The third kappa shape index (κ3) is 3.89. The van der Waals surface area contributed by atoms with E-state index in [0.29, 0.717) is 50.3 Å². The molecule has 6 rings (SSSR count). The summed E-state index contributed by atoms with van der Waals surface area (Å²) in [6, 6.07) is 19.3. The largest absolute Gasteiger partial charge is 0.495 e. The number of benzene rings is 3. The first-order valence-electron chi connectivity index (χ1n) is 11.3. The van der Waals surface area contributed by atoms with Crippen molar-refractivity contribution in [2.24, 2.45) is 0 Å². The number of carbonyl (C=O) groups is 2. The third-order valence-electron chi connectivity index (χ3n) is 5.99. The van der Waals surface area contributed by atoms with Crippen LogP contribution in [0.3, 0.4) is 0 Å². The van der Waals surface area contributed by atoms with Crippen LogP contribution in [0.25, 0.3) is 22.4 Å². The number of para-hydroxylation sites is 3. The van der Waals surface area contributed by atoms with Crippen molar-refractivity contribution in [1.82, 2.24) is 19.2 Å². The van der Waals surface area contributed by atoms with E-state index in [-0.39, 0.29) is 29.6 Å². The predicted octanol–water partition coefficient (Wildman–Crippen LogP) is 3.35. The van der Waals surface area contributed by atoms with Gasteiger partial charge in [0, 0.05) is 5.56 Å². The van der Waals surface area contributed by atoms with Gasteiger partial charge in [-0.15, -0.1) is 10.2 Å². The third-order valence-corrected chi connectivity index (χ3v) is 6.92. The summed E-state index contributed by atoms with van der Waals surface area (Å²) in [6.07, 6.45) is 0. The highest BCUT2D eigenvalue weighted by atomic mass is 32.2. The summed E-state index contributed by atoms with van der Waals surface area (Å²) >= 11 is 1.21. The molecule has 0 unspecified atom stereocenters. The second-order valence-corrected chi connectivity index (χ2v) is 9.15. The molecule has 0 atom stereocenters. The van der Waals surface area contributed by atoms with Gasteiger partial charge in [0.2, 0.25) is 5.78 Å². The number of anilines is 1. The van der Waals surface area contributed by atoms with Gasteiger partial charge in [0.1, 0.15) is 11.5 Å². The topological polar surface area (TPSA) is 117 Å². The molecule has 37 heavy (non-hydrogen) atoms. The fourth-order valence-electron chi connectivity index (χ4n) is 4.27. The number of amides is 1. The Morgan fingerprint density at radius 1 is 1.08 bits per heavy atom. The monoisotopic (exact) mass is 513 g/mol. The van der Waals surface area contributed by atoms with Crippen LogP contribution in [0.5, 0.6) is 11.5 Å². The molecule has 5 aromatic rings. The van der Waals surface area contributed by atoms with Gasteiger partial charge >= 0.3 is 0 Å². The van der Waals surface area contributed by atoms with Crippen LogP contribution in [0.4, 0.5) is 5.69 Å². The normalized spacial score (nSPS) is 12.7. The number of thioether (sulfide) groups is 1. The highest BCUT2D eigenvalue weighted by Crippen LogP contribution is 2.30. The molecule has 0 saturated heterocycles. The van der Waals surface area contributed by atoms with Crippen molar-refractivity contribution in [3.05, 3.63) is 82.6 Å². The number of ketones is 1. The number of ether oxygens (including phenoxy) is 2. The van der Waals surface area contributed by atoms with E-state index in [9.17, 15) is 14.4 Å². The van der Waals surface area contributed by atoms with Crippen LogP contribution in [0.15, 0.2) is 76.7 Å². The molecule has 10 nitrogen and oxygen atoms in total. The van der Waals surface area contributed by atoms with Crippen molar-refractivity contribution in [2.45, 2.75) is 5.16 Å². The lowest BCUT2D eigenvalue weighted by Gasteiger charge is -2.18. The molecule has 1 amide bonds. The van der Waals surface area contributed by atoms with Gasteiger partial charge in [-0.25, -0.2) is 4.57 Å². The molecule has 0 saturated carbocycles. The number of rotatable bonds is 6. The van der Waals surface area contributed by atoms with Gasteiger partial charge in [0.05, 0.1) is 35.1 Å². The maximum atomic E-state index is 13.5. The number of fused-ring (bicyclic) bond motifs is 4. The first-order valence-corrected chi connectivity index (χ1v) is 12.3. The molecule has 3 aromatic carbocycles. The second-order valence-electron chi connectivity index (χ2n) is 8.21. The molecule has 3 heterocycles. The van der Waals surface area contributed by atoms with E-state index >= 15 is 0 Å². The van der Waals surface area contributed by atoms with Crippen molar-refractivity contribution in [1.29, 1.82) is 0 Å². The molecule has 0 spiro atoms. The Kier molecular flexibility index (Phi) is 5.61. The minimum atomic E-state index is -0.269. The van der Waals surface area contributed by atoms with Gasteiger partial charge in [0.25, 0.3) is 11.5 Å². The number of nitrogens with zero attached hydrogens (tertiary/aromatic N) is 4. The van der Waals surface area contributed by atoms with Crippen LogP contribution in [0.1, 0.15) is 10.4 Å². The molecule has 0 bridgehead atoms. The highest BCUT2D eigenvalue weighted by Gasteiger charge is 2.22. The smallest absolute Gasteiger partial charge is 0.267 e.